The van der Waals surface area contributed by atoms with E-state index in [9.17, 15) is 4.79 Å². The van der Waals surface area contributed by atoms with E-state index in [-0.39, 0.29) is 11.2 Å². The maximum absolute atomic E-state index is 12.4. The third kappa shape index (κ3) is 4.89. The first-order valence-corrected chi connectivity index (χ1v) is 9.60. The maximum Gasteiger partial charge on any atom is 0.237 e. The minimum Gasteiger partial charge on any atom is -0.497 e. The van der Waals surface area contributed by atoms with Crippen LogP contribution in [0.3, 0.4) is 0 Å². The average molecular weight is 382 g/mol. The molecule has 0 aliphatic heterocycles. The molecule has 0 fully saturated rings. The fourth-order valence-corrected chi connectivity index (χ4v) is 3.18. The number of aromatic amines is 1. The molecule has 0 bridgehead atoms. The number of amides is 1. The van der Waals surface area contributed by atoms with Crippen molar-refractivity contribution in [3.63, 3.8) is 0 Å². The van der Waals surface area contributed by atoms with E-state index in [2.05, 4.69) is 27.4 Å². The summed E-state index contributed by atoms with van der Waals surface area (Å²) >= 11 is 1.31. The number of benzene rings is 2. The van der Waals surface area contributed by atoms with Crippen LogP contribution < -0.4 is 10.1 Å². The number of hydrogen-bond acceptors (Lipinski definition) is 5. The number of nitrogens with one attached hydrogen (secondary N) is 2. The maximum atomic E-state index is 12.4. The van der Waals surface area contributed by atoms with Gasteiger partial charge >= 0.3 is 0 Å². The lowest BCUT2D eigenvalue weighted by atomic mass is 10.1. The molecule has 0 radical (unpaired) electrons. The lowest BCUT2D eigenvalue weighted by Crippen LogP contribution is -2.22. The molecule has 3 rings (SSSR count). The number of ether oxygens (including phenoxy) is 1. The Bertz CT molecular complexity index is 891. The zero-order valence-corrected chi connectivity index (χ0v) is 16.3. The molecule has 2 aromatic carbocycles. The minimum atomic E-state index is -0.324. The number of aryl methyl sites for hydroxylation is 1. The van der Waals surface area contributed by atoms with Gasteiger partial charge in [-0.25, -0.2) is 4.98 Å². The second-order valence-electron chi connectivity index (χ2n) is 5.99. The van der Waals surface area contributed by atoms with Crippen LogP contribution in [0.1, 0.15) is 19.4 Å². The number of thioether (sulfide) groups is 1. The third-order valence-electron chi connectivity index (χ3n) is 4.11. The molecule has 1 heterocycles. The standard InChI is InChI=1S/C20H22N4O2S/c1-4-14-5-9-16(10-6-14)21-19(25)13(2)27-20-22-18(23-24-20)15-7-11-17(26-3)12-8-15/h5-13H,4H2,1-3H3,(H,21,25)(H,22,23,24). The summed E-state index contributed by atoms with van der Waals surface area (Å²) < 4.78 is 5.16. The minimum absolute atomic E-state index is 0.0833. The predicted octanol–water partition coefficient (Wildman–Crippen LogP) is 4.16. The van der Waals surface area contributed by atoms with E-state index in [1.807, 2.05) is 55.5 Å². The van der Waals surface area contributed by atoms with Crippen molar-refractivity contribution in [3.8, 4) is 17.1 Å². The van der Waals surface area contributed by atoms with Gasteiger partial charge < -0.3 is 10.1 Å². The molecule has 2 N–H and O–H groups in total. The topological polar surface area (TPSA) is 79.9 Å². The smallest absolute Gasteiger partial charge is 0.237 e. The number of nitrogens with zero attached hydrogens (tertiary/aromatic N) is 2. The number of carbonyl (C=O) groups excluding carboxylic acids is 1. The Hall–Kier alpha value is -2.80. The molecule has 0 saturated carbocycles. The summed E-state index contributed by atoms with van der Waals surface area (Å²) in [6, 6.07) is 15.4. The molecule has 27 heavy (non-hydrogen) atoms. The molecule has 1 amide bonds. The number of H-pyrrole nitrogens is 1. The predicted molar refractivity (Wildman–Crippen MR) is 108 cm³/mol. The highest BCUT2D eigenvalue weighted by molar-refractivity contribution is 8.00. The Morgan fingerprint density at radius 1 is 1.19 bits per heavy atom. The molecule has 3 aromatic rings. The van der Waals surface area contributed by atoms with E-state index < -0.39 is 0 Å². The highest BCUT2D eigenvalue weighted by Crippen LogP contribution is 2.24. The molecule has 7 heteroatoms. The third-order valence-corrected chi connectivity index (χ3v) is 5.07. The van der Waals surface area contributed by atoms with Gasteiger partial charge in [0.25, 0.3) is 0 Å². The Kier molecular flexibility index (Phi) is 6.13. The average Bonchev–Trinajstić information content (AvgIpc) is 3.17. The Labute approximate surface area is 162 Å². The molecule has 0 saturated heterocycles. The van der Waals surface area contributed by atoms with Crippen LogP contribution in [0.15, 0.2) is 53.7 Å². The number of rotatable bonds is 7. The van der Waals surface area contributed by atoms with E-state index in [1.165, 1.54) is 17.3 Å². The van der Waals surface area contributed by atoms with Crippen LogP contribution >= 0.6 is 11.8 Å². The van der Waals surface area contributed by atoms with E-state index >= 15 is 0 Å². The van der Waals surface area contributed by atoms with Gasteiger partial charge in [-0.3, -0.25) is 9.89 Å². The van der Waals surface area contributed by atoms with Crippen LogP contribution in [0.5, 0.6) is 5.75 Å². The first-order chi connectivity index (χ1) is 13.1. The fraction of sp³-hybridized carbons (Fsp3) is 0.250. The normalized spacial score (nSPS) is 11.8. The molecule has 6 nitrogen and oxygen atoms in total. The molecular weight excluding hydrogens is 360 g/mol. The van der Waals surface area contributed by atoms with E-state index in [4.69, 9.17) is 4.74 Å². The van der Waals surface area contributed by atoms with Crippen molar-refractivity contribution in [2.75, 3.05) is 12.4 Å². The lowest BCUT2D eigenvalue weighted by Gasteiger charge is -2.10. The van der Waals surface area contributed by atoms with Crippen molar-refractivity contribution in [1.82, 2.24) is 15.2 Å². The first-order valence-electron chi connectivity index (χ1n) is 8.72. The lowest BCUT2D eigenvalue weighted by molar-refractivity contribution is -0.115. The van der Waals surface area contributed by atoms with Crippen molar-refractivity contribution < 1.29 is 9.53 Å². The van der Waals surface area contributed by atoms with Gasteiger partial charge in [-0.15, -0.1) is 5.10 Å². The van der Waals surface area contributed by atoms with Gasteiger partial charge in [0, 0.05) is 11.3 Å². The van der Waals surface area contributed by atoms with Gasteiger partial charge in [0.1, 0.15) is 5.75 Å². The fourth-order valence-electron chi connectivity index (χ4n) is 2.46. The van der Waals surface area contributed by atoms with Crippen LogP contribution in [0, 0.1) is 0 Å². The van der Waals surface area contributed by atoms with Crippen molar-refractivity contribution in [3.05, 3.63) is 54.1 Å². The summed E-state index contributed by atoms with van der Waals surface area (Å²) in [6.07, 6.45) is 0.974. The summed E-state index contributed by atoms with van der Waals surface area (Å²) in [4.78, 5) is 16.9. The van der Waals surface area contributed by atoms with Gasteiger partial charge in [-0.1, -0.05) is 30.8 Å². The second kappa shape index (κ2) is 8.73. The van der Waals surface area contributed by atoms with Crippen molar-refractivity contribution >= 4 is 23.4 Å². The van der Waals surface area contributed by atoms with Crippen LogP contribution in [0.2, 0.25) is 0 Å². The number of hydrogen-bond donors (Lipinski definition) is 2. The Balaban J connectivity index is 1.60. The molecule has 0 spiro atoms. The molecule has 1 unspecified atom stereocenters. The molecule has 0 aliphatic rings. The van der Waals surface area contributed by atoms with Crippen LogP contribution in [0.25, 0.3) is 11.4 Å². The largest absolute Gasteiger partial charge is 0.497 e. The number of aromatic nitrogens is 3. The quantitative estimate of drug-likeness (QED) is 0.600. The first kappa shape index (κ1) is 19.0. The zero-order chi connectivity index (χ0) is 19.2. The highest BCUT2D eigenvalue weighted by Gasteiger charge is 2.17. The summed E-state index contributed by atoms with van der Waals surface area (Å²) in [6.45, 7) is 3.94. The monoisotopic (exact) mass is 382 g/mol. The summed E-state index contributed by atoms with van der Waals surface area (Å²) in [7, 11) is 1.63. The summed E-state index contributed by atoms with van der Waals surface area (Å²) in [5.41, 5.74) is 2.93. The zero-order valence-electron chi connectivity index (χ0n) is 15.5. The Morgan fingerprint density at radius 3 is 2.52 bits per heavy atom. The molecule has 0 aliphatic carbocycles. The van der Waals surface area contributed by atoms with Gasteiger partial charge in [-0.05, 0) is 55.3 Å². The van der Waals surface area contributed by atoms with E-state index in [1.54, 1.807) is 7.11 Å². The van der Waals surface area contributed by atoms with Gasteiger partial charge in [-0.2, -0.15) is 0 Å². The van der Waals surface area contributed by atoms with Gasteiger partial charge in [0.15, 0.2) is 5.82 Å². The number of carbonyl (C=O) groups is 1. The molecule has 1 aromatic heterocycles. The van der Waals surface area contributed by atoms with Crippen molar-refractivity contribution in [2.45, 2.75) is 30.7 Å². The van der Waals surface area contributed by atoms with Gasteiger partial charge in [0.2, 0.25) is 11.1 Å². The Morgan fingerprint density at radius 2 is 1.89 bits per heavy atom. The van der Waals surface area contributed by atoms with Crippen LogP contribution in [-0.2, 0) is 11.2 Å². The van der Waals surface area contributed by atoms with Crippen LogP contribution in [-0.4, -0.2) is 33.4 Å². The highest BCUT2D eigenvalue weighted by atomic mass is 32.2. The van der Waals surface area contributed by atoms with E-state index in [0.717, 1.165) is 23.4 Å². The molecular formula is C20H22N4O2S. The second-order valence-corrected chi connectivity index (χ2v) is 7.30. The summed E-state index contributed by atoms with van der Waals surface area (Å²) in [5, 5.41) is 10.2. The van der Waals surface area contributed by atoms with Crippen molar-refractivity contribution in [1.29, 1.82) is 0 Å². The summed E-state index contributed by atoms with van der Waals surface area (Å²) in [5.74, 6) is 1.35. The van der Waals surface area contributed by atoms with Gasteiger partial charge in [0.05, 0.1) is 12.4 Å². The molecule has 140 valence electrons. The molecule has 1 atom stereocenters. The number of anilines is 1. The van der Waals surface area contributed by atoms with E-state index in [0.29, 0.717) is 11.0 Å². The number of methoxy groups -OCH3 is 1. The van der Waals surface area contributed by atoms with Crippen molar-refractivity contribution in [2.24, 2.45) is 0 Å². The SMILES string of the molecule is CCc1ccc(NC(=O)C(C)Sc2n[nH]c(-c3ccc(OC)cc3)n2)cc1. The van der Waals surface area contributed by atoms with Crippen LogP contribution in [0.4, 0.5) is 5.69 Å².